The van der Waals surface area contributed by atoms with E-state index in [0.29, 0.717) is 6.04 Å². The molecular weight excluding hydrogens is 156 g/mol. The average Bonchev–Trinajstić information content (AvgIpc) is 2.03. The molecule has 0 bridgehead atoms. The summed E-state index contributed by atoms with van der Waals surface area (Å²) in [5.74, 6) is -0.730. The Morgan fingerprint density at radius 1 is 1.75 bits per heavy atom. The molecule has 0 aromatic carbocycles. The molecule has 1 aliphatic heterocycles. The molecule has 1 rings (SSSR count). The Balaban J connectivity index is 2.30. The molecule has 0 radical (unpaired) electrons. The molecule has 1 aliphatic rings. The number of likely N-dealkylation sites (N-methyl/N-ethyl adjacent to an activating group) is 1. The number of likely N-dealkylation sites (tertiary alicyclic amines) is 1. The third-order valence-corrected chi connectivity index (χ3v) is 2.27. The molecule has 0 saturated carbocycles. The number of carboxylic acids is 1. The molecule has 70 valence electrons. The molecule has 0 aromatic rings. The maximum atomic E-state index is 10.4. The second-order valence-corrected chi connectivity index (χ2v) is 3.26. The lowest BCUT2D eigenvalue weighted by Gasteiger charge is -2.31. The fraction of sp³-hybridized carbons (Fsp3) is 0.875. The van der Waals surface area contributed by atoms with Crippen LogP contribution in [0.5, 0.6) is 0 Å². The van der Waals surface area contributed by atoms with Gasteiger partial charge in [0.15, 0.2) is 0 Å². The number of aliphatic carboxylic acids is 1. The molecule has 12 heavy (non-hydrogen) atoms. The van der Waals surface area contributed by atoms with Crippen LogP contribution in [0.25, 0.3) is 0 Å². The standard InChI is InChI=1S/C8H16N2O2/c1-9-7-3-2-4-10(5-7)6-8(11)12/h7,9H,2-6H2,1H3,(H,11,12)/t7-/m1/s1. The van der Waals surface area contributed by atoms with E-state index in [2.05, 4.69) is 5.32 Å². The number of nitrogens with one attached hydrogen (secondary N) is 1. The zero-order chi connectivity index (χ0) is 8.97. The van der Waals surface area contributed by atoms with E-state index in [9.17, 15) is 4.79 Å². The Morgan fingerprint density at radius 3 is 3.08 bits per heavy atom. The summed E-state index contributed by atoms with van der Waals surface area (Å²) in [6.07, 6.45) is 2.26. The second-order valence-electron chi connectivity index (χ2n) is 3.26. The van der Waals surface area contributed by atoms with Crippen LogP contribution in [0.3, 0.4) is 0 Å². The summed E-state index contributed by atoms with van der Waals surface area (Å²) in [6, 6.07) is 0.470. The van der Waals surface area contributed by atoms with Gasteiger partial charge in [0.2, 0.25) is 0 Å². The molecule has 1 saturated heterocycles. The van der Waals surface area contributed by atoms with Gasteiger partial charge in [-0.25, -0.2) is 0 Å². The third-order valence-electron chi connectivity index (χ3n) is 2.27. The van der Waals surface area contributed by atoms with Crippen molar-refractivity contribution in [1.29, 1.82) is 0 Å². The number of carbonyl (C=O) groups is 1. The van der Waals surface area contributed by atoms with Gasteiger partial charge in [-0.2, -0.15) is 0 Å². The zero-order valence-electron chi connectivity index (χ0n) is 7.42. The molecular formula is C8H16N2O2. The van der Waals surface area contributed by atoms with Gasteiger partial charge >= 0.3 is 5.97 Å². The lowest BCUT2D eigenvalue weighted by atomic mass is 10.1. The highest BCUT2D eigenvalue weighted by Gasteiger charge is 2.19. The number of rotatable bonds is 3. The van der Waals surface area contributed by atoms with Crippen molar-refractivity contribution in [2.45, 2.75) is 18.9 Å². The van der Waals surface area contributed by atoms with Crippen LogP contribution in [0.2, 0.25) is 0 Å². The summed E-state index contributed by atoms with van der Waals surface area (Å²) < 4.78 is 0. The lowest BCUT2D eigenvalue weighted by molar-refractivity contribution is -0.138. The number of carboxylic acid groups (broad SMARTS) is 1. The Hall–Kier alpha value is -0.610. The first-order valence-electron chi connectivity index (χ1n) is 4.34. The van der Waals surface area contributed by atoms with Gasteiger partial charge in [-0.05, 0) is 26.4 Å². The number of hydrogen-bond donors (Lipinski definition) is 2. The predicted octanol–water partition coefficient (Wildman–Crippen LogP) is -0.245. The zero-order valence-corrected chi connectivity index (χ0v) is 7.42. The first kappa shape index (κ1) is 9.48. The van der Waals surface area contributed by atoms with Gasteiger partial charge < -0.3 is 10.4 Å². The summed E-state index contributed by atoms with van der Waals surface area (Å²) in [6.45, 7) is 1.96. The summed E-state index contributed by atoms with van der Waals surface area (Å²) in [5.41, 5.74) is 0. The van der Waals surface area contributed by atoms with Crippen LogP contribution in [-0.4, -0.2) is 48.7 Å². The second kappa shape index (κ2) is 4.42. The van der Waals surface area contributed by atoms with Crippen molar-refractivity contribution in [3.63, 3.8) is 0 Å². The van der Waals surface area contributed by atoms with Crippen LogP contribution in [0.1, 0.15) is 12.8 Å². The van der Waals surface area contributed by atoms with E-state index in [0.717, 1.165) is 25.9 Å². The molecule has 0 unspecified atom stereocenters. The van der Waals surface area contributed by atoms with E-state index < -0.39 is 5.97 Å². The van der Waals surface area contributed by atoms with Crippen LogP contribution in [0.4, 0.5) is 0 Å². The fourth-order valence-corrected chi connectivity index (χ4v) is 1.63. The van der Waals surface area contributed by atoms with E-state index in [1.54, 1.807) is 0 Å². The molecule has 1 fully saturated rings. The highest BCUT2D eigenvalue weighted by Crippen LogP contribution is 2.08. The van der Waals surface area contributed by atoms with E-state index in [4.69, 9.17) is 5.11 Å². The van der Waals surface area contributed by atoms with Crippen molar-refractivity contribution < 1.29 is 9.90 Å². The third kappa shape index (κ3) is 2.79. The van der Waals surface area contributed by atoms with Gasteiger partial charge in [-0.15, -0.1) is 0 Å². The van der Waals surface area contributed by atoms with Crippen molar-refractivity contribution in [2.24, 2.45) is 0 Å². The van der Waals surface area contributed by atoms with Crippen molar-refractivity contribution in [2.75, 3.05) is 26.7 Å². The summed E-state index contributed by atoms with van der Waals surface area (Å²) in [7, 11) is 1.93. The Bertz CT molecular complexity index is 161. The monoisotopic (exact) mass is 172 g/mol. The van der Waals surface area contributed by atoms with Crippen molar-refractivity contribution in [3.8, 4) is 0 Å². The minimum Gasteiger partial charge on any atom is -0.480 e. The van der Waals surface area contributed by atoms with Gasteiger partial charge in [-0.3, -0.25) is 9.69 Å². The highest BCUT2D eigenvalue weighted by molar-refractivity contribution is 5.69. The van der Waals surface area contributed by atoms with Crippen LogP contribution in [0.15, 0.2) is 0 Å². The summed E-state index contributed by atoms with van der Waals surface area (Å²) in [4.78, 5) is 12.4. The number of piperidine rings is 1. The summed E-state index contributed by atoms with van der Waals surface area (Å²) >= 11 is 0. The van der Waals surface area contributed by atoms with Gasteiger partial charge in [-0.1, -0.05) is 0 Å². The number of nitrogens with zero attached hydrogens (tertiary/aromatic N) is 1. The minimum absolute atomic E-state index is 0.179. The van der Waals surface area contributed by atoms with E-state index >= 15 is 0 Å². The Morgan fingerprint density at radius 2 is 2.50 bits per heavy atom. The molecule has 0 aliphatic carbocycles. The van der Waals surface area contributed by atoms with E-state index in [-0.39, 0.29) is 6.54 Å². The average molecular weight is 172 g/mol. The first-order chi connectivity index (χ1) is 5.72. The minimum atomic E-state index is -0.730. The van der Waals surface area contributed by atoms with E-state index in [1.807, 2.05) is 11.9 Å². The smallest absolute Gasteiger partial charge is 0.317 e. The van der Waals surface area contributed by atoms with Crippen molar-refractivity contribution in [3.05, 3.63) is 0 Å². The lowest BCUT2D eigenvalue weighted by Crippen LogP contribution is -2.46. The normalized spacial score (nSPS) is 25.6. The number of hydrogen-bond acceptors (Lipinski definition) is 3. The van der Waals surface area contributed by atoms with E-state index in [1.165, 1.54) is 0 Å². The maximum absolute atomic E-state index is 10.4. The molecule has 1 heterocycles. The summed E-state index contributed by atoms with van der Waals surface area (Å²) in [5, 5.41) is 11.7. The van der Waals surface area contributed by atoms with Gasteiger partial charge in [0.1, 0.15) is 0 Å². The highest BCUT2D eigenvalue weighted by atomic mass is 16.4. The Kier molecular flexibility index (Phi) is 3.49. The van der Waals surface area contributed by atoms with Gasteiger partial charge in [0.25, 0.3) is 0 Å². The predicted molar refractivity (Wildman–Crippen MR) is 46.2 cm³/mol. The first-order valence-corrected chi connectivity index (χ1v) is 4.34. The fourth-order valence-electron chi connectivity index (χ4n) is 1.63. The molecule has 4 nitrogen and oxygen atoms in total. The topological polar surface area (TPSA) is 52.6 Å². The van der Waals surface area contributed by atoms with Crippen molar-refractivity contribution in [1.82, 2.24) is 10.2 Å². The van der Waals surface area contributed by atoms with Crippen LogP contribution in [-0.2, 0) is 4.79 Å². The molecule has 4 heteroatoms. The molecule has 0 spiro atoms. The van der Waals surface area contributed by atoms with Crippen LogP contribution in [0, 0.1) is 0 Å². The van der Waals surface area contributed by atoms with Gasteiger partial charge in [0.05, 0.1) is 6.54 Å². The maximum Gasteiger partial charge on any atom is 0.317 e. The molecule has 0 amide bonds. The SMILES string of the molecule is CN[C@@H]1CCCN(CC(=O)O)C1. The van der Waals surface area contributed by atoms with Crippen LogP contribution >= 0.6 is 0 Å². The van der Waals surface area contributed by atoms with Crippen molar-refractivity contribution >= 4 is 5.97 Å². The quantitative estimate of drug-likeness (QED) is 0.616. The Labute approximate surface area is 72.6 Å². The molecule has 2 N–H and O–H groups in total. The largest absolute Gasteiger partial charge is 0.480 e. The van der Waals surface area contributed by atoms with Crippen LogP contribution < -0.4 is 5.32 Å². The molecule has 0 aromatic heterocycles. The van der Waals surface area contributed by atoms with Gasteiger partial charge in [0, 0.05) is 12.6 Å². The molecule has 1 atom stereocenters.